The molecule has 0 radical (unpaired) electrons. The molecule has 5 nitrogen and oxygen atoms in total. The van der Waals surface area contributed by atoms with Crippen molar-refractivity contribution in [2.45, 2.75) is 0 Å². The van der Waals surface area contributed by atoms with Crippen LogP contribution in [-0.2, 0) is 0 Å². The first-order valence-corrected chi connectivity index (χ1v) is 8.22. The van der Waals surface area contributed by atoms with Gasteiger partial charge in [0.25, 0.3) is 5.89 Å². The molecule has 0 amide bonds. The van der Waals surface area contributed by atoms with E-state index in [9.17, 15) is 5.26 Å². The number of nitrogens with zero attached hydrogens (tertiary/aromatic N) is 3. The van der Waals surface area contributed by atoms with Gasteiger partial charge in [-0.05, 0) is 35.7 Å². The summed E-state index contributed by atoms with van der Waals surface area (Å²) in [5, 5.41) is 15.3. The topological polar surface area (TPSA) is 71.9 Å². The lowest BCUT2D eigenvalue weighted by atomic mass is 10.1. The van der Waals surface area contributed by atoms with Gasteiger partial charge in [0, 0.05) is 10.0 Å². The predicted molar refractivity (Wildman–Crippen MR) is 91.8 cm³/mol. The van der Waals surface area contributed by atoms with Crippen molar-refractivity contribution in [3.63, 3.8) is 0 Å². The molecule has 2 heterocycles. The standard InChI is InChI=1S/C16H10BrN3O2S/c1-21-13-5-4-12(17)8-10(13)7-11(9-18)16-19-15(20-22-16)14-3-2-6-23-14/h2-8H,1H3/b11-7+. The Labute approximate surface area is 145 Å². The molecule has 3 aromatic rings. The SMILES string of the molecule is COc1ccc(Br)cc1/C=C(\C#N)c1nc(-c2cccs2)no1. The number of benzene rings is 1. The lowest BCUT2D eigenvalue weighted by Crippen LogP contribution is -1.88. The lowest BCUT2D eigenvalue weighted by molar-refractivity contribution is 0.409. The van der Waals surface area contributed by atoms with Crippen molar-refractivity contribution in [1.82, 2.24) is 10.1 Å². The van der Waals surface area contributed by atoms with Gasteiger partial charge in [0.15, 0.2) is 0 Å². The zero-order valence-corrected chi connectivity index (χ0v) is 14.4. The van der Waals surface area contributed by atoms with Crippen LogP contribution >= 0.6 is 27.3 Å². The summed E-state index contributed by atoms with van der Waals surface area (Å²) >= 11 is 4.91. The average molecular weight is 388 g/mol. The van der Waals surface area contributed by atoms with Crippen LogP contribution in [0.2, 0.25) is 0 Å². The van der Waals surface area contributed by atoms with E-state index >= 15 is 0 Å². The molecule has 0 unspecified atom stereocenters. The maximum atomic E-state index is 9.42. The van der Waals surface area contributed by atoms with E-state index in [0.29, 0.717) is 11.6 Å². The van der Waals surface area contributed by atoms with E-state index in [4.69, 9.17) is 9.26 Å². The Morgan fingerprint density at radius 2 is 2.30 bits per heavy atom. The maximum Gasteiger partial charge on any atom is 0.268 e. The van der Waals surface area contributed by atoms with Crippen LogP contribution in [0.5, 0.6) is 5.75 Å². The first-order valence-electron chi connectivity index (χ1n) is 6.54. The van der Waals surface area contributed by atoms with Crippen molar-refractivity contribution < 1.29 is 9.26 Å². The molecule has 0 aliphatic carbocycles. The fraction of sp³-hybridized carbons (Fsp3) is 0.0625. The zero-order chi connectivity index (χ0) is 16.2. The van der Waals surface area contributed by atoms with Crippen LogP contribution in [-0.4, -0.2) is 17.3 Å². The number of rotatable bonds is 4. The highest BCUT2D eigenvalue weighted by Gasteiger charge is 2.14. The fourth-order valence-electron chi connectivity index (χ4n) is 1.95. The number of halogens is 1. The van der Waals surface area contributed by atoms with Gasteiger partial charge < -0.3 is 9.26 Å². The van der Waals surface area contributed by atoms with Gasteiger partial charge in [-0.15, -0.1) is 11.3 Å². The fourth-order valence-corrected chi connectivity index (χ4v) is 2.98. The molecule has 0 N–H and O–H groups in total. The summed E-state index contributed by atoms with van der Waals surface area (Å²) in [6.45, 7) is 0. The minimum Gasteiger partial charge on any atom is -0.496 e. The Bertz CT molecular complexity index is 894. The molecule has 0 aliphatic rings. The molecule has 1 aromatic carbocycles. The third-order valence-corrected chi connectivity index (χ3v) is 4.37. The summed E-state index contributed by atoms with van der Waals surface area (Å²) in [7, 11) is 1.58. The number of nitriles is 1. The second-order valence-electron chi connectivity index (χ2n) is 4.46. The molecule has 0 spiro atoms. The average Bonchev–Trinajstić information content (AvgIpc) is 3.23. The molecule has 0 saturated carbocycles. The smallest absolute Gasteiger partial charge is 0.268 e. The minimum atomic E-state index is 0.179. The predicted octanol–water partition coefficient (Wildman–Crippen LogP) is 4.63. The largest absolute Gasteiger partial charge is 0.496 e. The number of allylic oxidation sites excluding steroid dienone is 1. The number of thiophene rings is 1. The van der Waals surface area contributed by atoms with E-state index in [1.54, 1.807) is 13.2 Å². The molecule has 0 atom stereocenters. The second kappa shape index (κ2) is 6.77. The van der Waals surface area contributed by atoms with Crippen LogP contribution < -0.4 is 4.74 Å². The first-order chi connectivity index (χ1) is 11.2. The highest BCUT2D eigenvalue weighted by Crippen LogP contribution is 2.28. The second-order valence-corrected chi connectivity index (χ2v) is 6.32. The van der Waals surface area contributed by atoms with Crippen molar-refractivity contribution in [3.05, 3.63) is 51.6 Å². The summed E-state index contributed by atoms with van der Waals surface area (Å²) in [6, 6.07) is 11.4. The van der Waals surface area contributed by atoms with E-state index < -0.39 is 0 Å². The van der Waals surface area contributed by atoms with Gasteiger partial charge >= 0.3 is 0 Å². The third-order valence-electron chi connectivity index (χ3n) is 3.01. The van der Waals surface area contributed by atoms with Crippen molar-refractivity contribution in [2.75, 3.05) is 7.11 Å². The Hall–Kier alpha value is -2.43. The van der Waals surface area contributed by atoms with Crippen molar-refractivity contribution in [1.29, 1.82) is 5.26 Å². The summed E-state index contributed by atoms with van der Waals surface area (Å²) < 4.78 is 11.4. The van der Waals surface area contributed by atoms with E-state index in [-0.39, 0.29) is 11.5 Å². The van der Waals surface area contributed by atoms with E-state index in [0.717, 1.165) is 14.9 Å². The number of hydrogen-bond acceptors (Lipinski definition) is 6. The van der Waals surface area contributed by atoms with Crippen LogP contribution in [0.4, 0.5) is 0 Å². The molecule has 0 aliphatic heterocycles. The normalized spacial score (nSPS) is 11.3. The number of ether oxygens (including phenoxy) is 1. The molecular formula is C16H10BrN3O2S. The first kappa shape index (κ1) is 15.5. The summed E-state index contributed by atoms with van der Waals surface area (Å²) in [5.74, 6) is 1.30. The zero-order valence-electron chi connectivity index (χ0n) is 12.0. The van der Waals surface area contributed by atoms with Crippen LogP contribution in [0.15, 0.2) is 44.7 Å². The van der Waals surface area contributed by atoms with E-state index in [1.165, 1.54) is 11.3 Å². The number of methoxy groups -OCH3 is 1. The van der Waals surface area contributed by atoms with Crippen molar-refractivity contribution >= 4 is 38.9 Å². The Kier molecular flexibility index (Phi) is 4.55. The van der Waals surface area contributed by atoms with Gasteiger partial charge in [-0.1, -0.05) is 27.2 Å². The number of hydrogen-bond donors (Lipinski definition) is 0. The summed E-state index contributed by atoms with van der Waals surface area (Å²) in [6.07, 6.45) is 1.66. The molecule has 0 fully saturated rings. The summed E-state index contributed by atoms with van der Waals surface area (Å²) in [5.41, 5.74) is 1.02. The molecule has 0 bridgehead atoms. The van der Waals surface area contributed by atoms with Gasteiger partial charge in [0.2, 0.25) is 5.82 Å². The molecule has 2 aromatic heterocycles. The lowest BCUT2D eigenvalue weighted by Gasteiger charge is -2.05. The third kappa shape index (κ3) is 3.33. The quantitative estimate of drug-likeness (QED) is 0.610. The minimum absolute atomic E-state index is 0.179. The monoisotopic (exact) mass is 387 g/mol. The van der Waals surface area contributed by atoms with Gasteiger partial charge in [0.05, 0.1) is 12.0 Å². The summed E-state index contributed by atoms with van der Waals surface area (Å²) in [4.78, 5) is 5.17. The Morgan fingerprint density at radius 1 is 1.43 bits per heavy atom. The van der Waals surface area contributed by atoms with Crippen molar-refractivity contribution in [2.24, 2.45) is 0 Å². The number of aromatic nitrogens is 2. The van der Waals surface area contributed by atoms with Gasteiger partial charge in [-0.3, -0.25) is 0 Å². The molecular weight excluding hydrogens is 378 g/mol. The molecule has 7 heteroatoms. The van der Waals surface area contributed by atoms with Gasteiger partial charge in [0.1, 0.15) is 17.4 Å². The van der Waals surface area contributed by atoms with Crippen LogP contribution in [0.25, 0.3) is 22.4 Å². The van der Waals surface area contributed by atoms with Gasteiger partial charge in [-0.25, -0.2) is 0 Å². The van der Waals surface area contributed by atoms with Crippen LogP contribution in [0, 0.1) is 11.3 Å². The van der Waals surface area contributed by atoms with Crippen LogP contribution in [0.1, 0.15) is 11.5 Å². The molecule has 0 saturated heterocycles. The Balaban J connectivity index is 2.01. The van der Waals surface area contributed by atoms with Crippen molar-refractivity contribution in [3.8, 4) is 22.5 Å². The highest BCUT2D eigenvalue weighted by atomic mass is 79.9. The molecule has 3 rings (SSSR count). The van der Waals surface area contributed by atoms with E-state index in [2.05, 4.69) is 32.1 Å². The van der Waals surface area contributed by atoms with Crippen LogP contribution in [0.3, 0.4) is 0 Å². The van der Waals surface area contributed by atoms with Gasteiger partial charge in [-0.2, -0.15) is 10.2 Å². The maximum absolute atomic E-state index is 9.42. The van der Waals surface area contributed by atoms with E-state index in [1.807, 2.05) is 35.7 Å². The highest BCUT2D eigenvalue weighted by molar-refractivity contribution is 9.10. The molecule has 23 heavy (non-hydrogen) atoms. The molecule has 114 valence electrons. The Morgan fingerprint density at radius 3 is 3.00 bits per heavy atom.